The van der Waals surface area contributed by atoms with Gasteiger partial charge in [0.1, 0.15) is 12.3 Å². The molecule has 0 bridgehead atoms. The van der Waals surface area contributed by atoms with Crippen LogP contribution in [-0.4, -0.2) is 67.1 Å². The Morgan fingerprint density at radius 3 is 2.36 bits per heavy atom. The molecule has 1 N–H and O–H groups in total. The fourth-order valence-electron chi connectivity index (χ4n) is 4.53. The molecule has 8 heteroatoms. The van der Waals surface area contributed by atoms with Crippen molar-refractivity contribution < 1.29 is 19.1 Å². The monoisotopic (exact) mass is 547 g/mol. The molecule has 0 saturated carbocycles. The van der Waals surface area contributed by atoms with Crippen molar-refractivity contribution >= 4 is 34.3 Å². The van der Waals surface area contributed by atoms with Gasteiger partial charge in [0, 0.05) is 61.0 Å². The Bertz CT molecular complexity index is 1370. The van der Waals surface area contributed by atoms with Crippen molar-refractivity contribution in [3.8, 4) is 5.75 Å². The molecule has 204 valence electrons. The first-order chi connectivity index (χ1) is 19.0. The molecule has 3 aromatic carbocycles. The highest BCUT2D eigenvalue weighted by Crippen LogP contribution is 2.20. The summed E-state index contributed by atoms with van der Waals surface area (Å²) < 4.78 is 10.5. The van der Waals surface area contributed by atoms with Crippen LogP contribution in [0.2, 0.25) is 5.02 Å². The number of carbonyl (C=O) groups is 2. The first kappa shape index (κ1) is 28.2. The molecule has 0 atom stereocenters. The fourth-order valence-corrected chi connectivity index (χ4v) is 4.65. The minimum absolute atomic E-state index is 0.0325. The standard InChI is InChI=1S/C31H34ClN3O4/c1-38-19-5-17-35(31(37)24-10-12-26(32)13-11-24)22-30(36)34(21-23-8-14-27(39-2)15-9-23)18-16-25-20-33-29-7-4-3-6-28(25)29/h3-4,6-15,20,33H,5,16-19,21-22H2,1-2H3. The highest BCUT2D eigenvalue weighted by atomic mass is 35.5. The van der Waals surface area contributed by atoms with Gasteiger partial charge in [-0.2, -0.15) is 0 Å². The van der Waals surface area contributed by atoms with Crippen LogP contribution >= 0.6 is 11.6 Å². The minimum Gasteiger partial charge on any atom is -0.497 e. The predicted octanol–water partition coefficient (Wildman–Crippen LogP) is 5.58. The summed E-state index contributed by atoms with van der Waals surface area (Å²) >= 11 is 6.02. The second-order valence-corrected chi connectivity index (χ2v) is 9.79. The van der Waals surface area contributed by atoms with Crippen LogP contribution in [0.25, 0.3) is 10.9 Å². The number of aromatic nitrogens is 1. The van der Waals surface area contributed by atoms with Crippen LogP contribution in [0.1, 0.15) is 27.9 Å². The number of hydrogen-bond donors (Lipinski definition) is 1. The predicted molar refractivity (Wildman–Crippen MR) is 154 cm³/mol. The zero-order valence-electron chi connectivity index (χ0n) is 22.4. The fraction of sp³-hybridized carbons (Fsp3) is 0.290. The third-order valence-corrected chi connectivity index (χ3v) is 6.94. The highest BCUT2D eigenvalue weighted by Gasteiger charge is 2.23. The molecule has 0 aliphatic carbocycles. The SMILES string of the molecule is COCCCN(CC(=O)N(CCc1c[nH]c2ccccc12)Cc1ccc(OC)cc1)C(=O)c1ccc(Cl)cc1. The van der Waals surface area contributed by atoms with Crippen LogP contribution in [0.4, 0.5) is 0 Å². The molecule has 1 aromatic heterocycles. The van der Waals surface area contributed by atoms with Crippen molar-refractivity contribution in [1.82, 2.24) is 14.8 Å². The molecule has 0 saturated heterocycles. The number of carbonyl (C=O) groups excluding carboxylic acids is 2. The first-order valence-corrected chi connectivity index (χ1v) is 13.4. The molecule has 1 heterocycles. The van der Waals surface area contributed by atoms with E-state index in [1.54, 1.807) is 43.4 Å². The van der Waals surface area contributed by atoms with Gasteiger partial charge in [0.05, 0.1) is 7.11 Å². The van der Waals surface area contributed by atoms with Gasteiger partial charge in [-0.25, -0.2) is 0 Å². The van der Waals surface area contributed by atoms with Gasteiger partial charge in [0.2, 0.25) is 5.91 Å². The quantitative estimate of drug-likeness (QED) is 0.222. The first-order valence-electron chi connectivity index (χ1n) is 13.0. The van der Waals surface area contributed by atoms with Crippen LogP contribution in [0, 0.1) is 0 Å². The minimum atomic E-state index is -0.211. The Labute approximate surface area is 234 Å². The van der Waals surface area contributed by atoms with Crippen LogP contribution < -0.4 is 4.74 Å². The molecule has 4 rings (SSSR count). The molecule has 0 fully saturated rings. The van der Waals surface area contributed by atoms with Crippen molar-refractivity contribution in [1.29, 1.82) is 0 Å². The summed E-state index contributed by atoms with van der Waals surface area (Å²) in [7, 11) is 3.25. The lowest BCUT2D eigenvalue weighted by molar-refractivity contribution is -0.132. The number of rotatable bonds is 13. The second-order valence-electron chi connectivity index (χ2n) is 9.35. The zero-order chi connectivity index (χ0) is 27.6. The van der Waals surface area contributed by atoms with Crippen LogP contribution in [0.15, 0.2) is 79.0 Å². The van der Waals surface area contributed by atoms with Gasteiger partial charge >= 0.3 is 0 Å². The summed E-state index contributed by atoms with van der Waals surface area (Å²) in [5.41, 5.74) is 3.69. The molecule has 0 aliphatic rings. The van der Waals surface area contributed by atoms with Crippen molar-refractivity contribution in [2.24, 2.45) is 0 Å². The number of amides is 2. The average Bonchev–Trinajstić information content (AvgIpc) is 3.38. The number of methoxy groups -OCH3 is 2. The summed E-state index contributed by atoms with van der Waals surface area (Å²) in [5.74, 6) is 0.427. The van der Waals surface area contributed by atoms with E-state index < -0.39 is 0 Å². The van der Waals surface area contributed by atoms with E-state index in [1.807, 2.05) is 53.6 Å². The number of para-hydroxylation sites is 1. The van der Waals surface area contributed by atoms with Gasteiger partial charge in [-0.3, -0.25) is 9.59 Å². The Morgan fingerprint density at radius 1 is 0.897 bits per heavy atom. The Morgan fingerprint density at radius 2 is 1.64 bits per heavy atom. The largest absolute Gasteiger partial charge is 0.497 e. The van der Waals surface area contributed by atoms with Gasteiger partial charge in [-0.1, -0.05) is 41.9 Å². The summed E-state index contributed by atoms with van der Waals surface area (Å²) in [6.45, 7) is 1.80. The summed E-state index contributed by atoms with van der Waals surface area (Å²) in [4.78, 5) is 33.9. The Balaban J connectivity index is 1.54. The van der Waals surface area contributed by atoms with Gasteiger partial charge in [0.25, 0.3) is 5.91 Å². The van der Waals surface area contributed by atoms with Crippen molar-refractivity contribution in [2.75, 3.05) is 40.5 Å². The molecule has 0 radical (unpaired) electrons. The van der Waals surface area contributed by atoms with Gasteiger partial charge in [-0.15, -0.1) is 0 Å². The summed E-state index contributed by atoms with van der Waals surface area (Å²) in [6, 6.07) is 22.6. The Hall–Kier alpha value is -3.81. The van der Waals surface area contributed by atoms with Crippen LogP contribution in [-0.2, 0) is 22.5 Å². The third-order valence-electron chi connectivity index (χ3n) is 6.69. The zero-order valence-corrected chi connectivity index (χ0v) is 23.1. The maximum absolute atomic E-state index is 13.8. The lowest BCUT2D eigenvalue weighted by Gasteiger charge is -2.28. The van der Waals surface area contributed by atoms with E-state index in [0.29, 0.717) is 49.7 Å². The number of halogens is 1. The number of aromatic amines is 1. The van der Waals surface area contributed by atoms with E-state index in [0.717, 1.165) is 27.8 Å². The average molecular weight is 548 g/mol. The number of ether oxygens (including phenoxy) is 2. The maximum Gasteiger partial charge on any atom is 0.254 e. The van der Waals surface area contributed by atoms with Crippen LogP contribution in [0.5, 0.6) is 5.75 Å². The second kappa shape index (κ2) is 13.8. The third kappa shape index (κ3) is 7.62. The van der Waals surface area contributed by atoms with Crippen molar-refractivity contribution in [3.05, 3.63) is 101 Å². The molecule has 7 nitrogen and oxygen atoms in total. The smallest absolute Gasteiger partial charge is 0.254 e. The summed E-state index contributed by atoms with van der Waals surface area (Å²) in [6.07, 6.45) is 3.31. The lowest BCUT2D eigenvalue weighted by Crippen LogP contribution is -2.44. The van der Waals surface area contributed by atoms with E-state index in [1.165, 1.54) is 0 Å². The number of benzene rings is 3. The molecular formula is C31H34ClN3O4. The maximum atomic E-state index is 13.8. The molecule has 0 unspecified atom stereocenters. The van der Waals surface area contributed by atoms with Crippen molar-refractivity contribution in [3.63, 3.8) is 0 Å². The number of nitrogens with one attached hydrogen (secondary N) is 1. The van der Waals surface area contributed by atoms with Crippen molar-refractivity contribution in [2.45, 2.75) is 19.4 Å². The molecule has 2 amide bonds. The van der Waals surface area contributed by atoms with E-state index in [9.17, 15) is 9.59 Å². The van der Waals surface area contributed by atoms with E-state index in [-0.39, 0.29) is 18.4 Å². The molecular weight excluding hydrogens is 514 g/mol. The van der Waals surface area contributed by atoms with Gasteiger partial charge in [0.15, 0.2) is 0 Å². The van der Waals surface area contributed by atoms with E-state index >= 15 is 0 Å². The molecule has 0 aliphatic heterocycles. The Kier molecular flexibility index (Phi) is 10.00. The molecule has 0 spiro atoms. The molecule has 39 heavy (non-hydrogen) atoms. The lowest BCUT2D eigenvalue weighted by atomic mass is 10.1. The highest BCUT2D eigenvalue weighted by molar-refractivity contribution is 6.30. The number of H-pyrrole nitrogens is 1. The number of fused-ring (bicyclic) bond motifs is 1. The topological polar surface area (TPSA) is 74.9 Å². The van der Waals surface area contributed by atoms with Gasteiger partial charge < -0.3 is 24.3 Å². The van der Waals surface area contributed by atoms with E-state index in [2.05, 4.69) is 11.1 Å². The normalized spacial score (nSPS) is 10.9. The molecule has 4 aromatic rings. The van der Waals surface area contributed by atoms with E-state index in [4.69, 9.17) is 21.1 Å². The van der Waals surface area contributed by atoms with Crippen LogP contribution in [0.3, 0.4) is 0 Å². The number of hydrogen-bond acceptors (Lipinski definition) is 4. The number of nitrogens with zero attached hydrogens (tertiary/aromatic N) is 2. The summed E-state index contributed by atoms with van der Waals surface area (Å²) in [5, 5.41) is 1.70. The van der Waals surface area contributed by atoms with Gasteiger partial charge in [-0.05, 0) is 66.4 Å².